The number of rotatable bonds is 0. The van der Waals surface area contributed by atoms with Crippen molar-refractivity contribution in [2.75, 3.05) is 0 Å². The molecule has 1 aromatic carbocycles. The van der Waals surface area contributed by atoms with Gasteiger partial charge in [0.05, 0.1) is 10.2 Å². The summed E-state index contributed by atoms with van der Waals surface area (Å²) in [5, 5.41) is 12.7. The van der Waals surface area contributed by atoms with Crippen LogP contribution in [0.1, 0.15) is 0 Å². The molecular formula is C7H7N3OS. The first kappa shape index (κ1) is 7.17. The highest BCUT2D eigenvalue weighted by Gasteiger charge is 1.97. The van der Waals surface area contributed by atoms with Gasteiger partial charge in [0, 0.05) is 0 Å². The summed E-state index contributed by atoms with van der Waals surface area (Å²) in [7, 11) is 0. The van der Waals surface area contributed by atoms with Crippen LogP contribution in [-0.4, -0.2) is 10.1 Å². The van der Waals surface area contributed by atoms with E-state index in [1.54, 1.807) is 18.2 Å². The molecule has 0 radical (unpaired) electrons. The van der Waals surface area contributed by atoms with Gasteiger partial charge in [0.15, 0.2) is 0 Å². The molecule has 1 aromatic heterocycles. The van der Waals surface area contributed by atoms with E-state index in [0.717, 1.165) is 10.2 Å². The van der Waals surface area contributed by atoms with Crippen LogP contribution in [0.2, 0.25) is 0 Å². The van der Waals surface area contributed by atoms with Gasteiger partial charge in [-0.05, 0) is 18.2 Å². The number of phenolic OH excluding ortho intramolecular Hbond substituents is 1. The number of benzene rings is 1. The Morgan fingerprint density at radius 1 is 1.50 bits per heavy atom. The van der Waals surface area contributed by atoms with E-state index in [1.165, 1.54) is 11.3 Å². The van der Waals surface area contributed by atoms with Gasteiger partial charge in [-0.1, -0.05) is 11.3 Å². The Morgan fingerprint density at radius 2 is 2.33 bits per heavy atom. The second kappa shape index (κ2) is 2.53. The number of thiazole rings is 1. The Hall–Kier alpha value is -1.49. The van der Waals surface area contributed by atoms with E-state index in [4.69, 9.17) is 10.9 Å². The summed E-state index contributed by atoms with van der Waals surface area (Å²) >= 11 is 1.40. The van der Waals surface area contributed by atoms with E-state index in [9.17, 15) is 0 Å². The van der Waals surface area contributed by atoms with Gasteiger partial charge >= 0.3 is 0 Å². The third-order valence-electron chi connectivity index (χ3n) is 1.53. The van der Waals surface area contributed by atoms with Gasteiger partial charge in [-0.3, -0.25) is 0 Å². The molecule has 5 heteroatoms. The van der Waals surface area contributed by atoms with Crippen molar-refractivity contribution in [3.05, 3.63) is 23.0 Å². The summed E-state index contributed by atoms with van der Waals surface area (Å²) in [6.45, 7) is 0. The van der Waals surface area contributed by atoms with Crippen LogP contribution in [0.5, 0.6) is 5.75 Å². The predicted octanol–water partition coefficient (Wildman–Crippen LogP) is 0.709. The predicted molar refractivity (Wildman–Crippen MR) is 47.6 cm³/mol. The Morgan fingerprint density at radius 3 is 3.08 bits per heavy atom. The van der Waals surface area contributed by atoms with Crippen LogP contribution in [0.15, 0.2) is 23.3 Å². The van der Waals surface area contributed by atoms with Crippen LogP contribution in [0.25, 0.3) is 10.2 Å². The molecule has 0 saturated heterocycles. The van der Waals surface area contributed by atoms with E-state index >= 15 is 0 Å². The fourth-order valence-corrected chi connectivity index (χ4v) is 1.83. The van der Waals surface area contributed by atoms with Gasteiger partial charge in [0.1, 0.15) is 5.75 Å². The minimum atomic E-state index is 0.251. The monoisotopic (exact) mass is 181 g/mol. The standard InChI is InChI=1S/C7H7N3OS/c8-10-7-9-5-2-1-4(11)3-6(5)12-7/h1-3,11H,8H2,(H,9,10). The lowest BCUT2D eigenvalue weighted by Crippen LogP contribution is -2.00. The number of H-pyrrole nitrogens is 1. The SMILES string of the molecule is N/N=c1/[nH]c2ccc(O)cc2s1. The van der Waals surface area contributed by atoms with Crippen LogP contribution in [0, 0.1) is 0 Å². The molecule has 0 aliphatic carbocycles. The first-order valence-corrected chi connectivity index (χ1v) is 4.17. The lowest BCUT2D eigenvalue weighted by molar-refractivity contribution is 0.476. The molecule has 0 aliphatic rings. The van der Waals surface area contributed by atoms with Crippen molar-refractivity contribution in [2.45, 2.75) is 0 Å². The van der Waals surface area contributed by atoms with Gasteiger partial charge in [-0.15, -0.1) is 0 Å². The molecule has 4 nitrogen and oxygen atoms in total. The largest absolute Gasteiger partial charge is 0.508 e. The molecule has 12 heavy (non-hydrogen) atoms. The number of aromatic nitrogens is 1. The topological polar surface area (TPSA) is 74.4 Å². The number of nitrogens with zero attached hydrogens (tertiary/aromatic N) is 1. The van der Waals surface area contributed by atoms with Crippen molar-refractivity contribution < 1.29 is 5.11 Å². The fourth-order valence-electron chi connectivity index (χ4n) is 1.00. The van der Waals surface area contributed by atoms with Crippen molar-refractivity contribution >= 4 is 21.6 Å². The summed E-state index contributed by atoms with van der Waals surface area (Å²) in [5.74, 6) is 5.34. The zero-order chi connectivity index (χ0) is 8.55. The lowest BCUT2D eigenvalue weighted by atomic mass is 10.3. The molecule has 0 atom stereocenters. The summed E-state index contributed by atoms with van der Waals surface area (Å²) in [6, 6.07) is 5.08. The number of nitrogens with two attached hydrogens (primary N) is 1. The number of aromatic amines is 1. The van der Waals surface area contributed by atoms with Crippen LogP contribution < -0.4 is 10.6 Å². The van der Waals surface area contributed by atoms with Gasteiger partial charge in [0.25, 0.3) is 0 Å². The normalized spacial score (nSPS) is 12.5. The Kier molecular flexibility index (Phi) is 1.51. The fraction of sp³-hybridized carbons (Fsp3) is 0. The third-order valence-corrected chi connectivity index (χ3v) is 2.49. The molecule has 0 amide bonds. The van der Waals surface area contributed by atoms with Crippen LogP contribution in [0.3, 0.4) is 0 Å². The van der Waals surface area contributed by atoms with E-state index in [1.807, 2.05) is 0 Å². The van der Waals surface area contributed by atoms with Crippen molar-refractivity contribution in [1.29, 1.82) is 0 Å². The molecule has 0 unspecified atom stereocenters. The summed E-state index contributed by atoms with van der Waals surface area (Å²) < 4.78 is 0.944. The maximum Gasteiger partial charge on any atom is 0.205 e. The Balaban J connectivity index is 2.84. The van der Waals surface area contributed by atoms with Gasteiger partial charge in [0.2, 0.25) is 4.80 Å². The molecule has 0 spiro atoms. The van der Waals surface area contributed by atoms with E-state index in [0.29, 0.717) is 4.80 Å². The average Bonchev–Trinajstić information content (AvgIpc) is 2.46. The molecule has 1 heterocycles. The molecule has 0 saturated carbocycles. The number of fused-ring (bicyclic) bond motifs is 1. The lowest BCUT2D eigenvalue weighted by Gasteiger charge is -1.88. The molecule has 4 N–H and O–H groups in total. The van der Waals surface area contributed by atoms with E-state index in [2.05, 4.69) is 10.1 Å². The highest BCUT2D eigenvalue weighted by Crippen LogP contribution is 2.19. The summed E-state index contributed by atoms with van der Waals surface area (Å²) in [6.07, 6.45) is 0. The summed E-state index contributed by atoms with van der Waals surface area (Å²) in [4.78, 5) is 3.64. The minimum Gasteiger partial charge on any atom is -0.508 e. The quantitative estimate of drug-likeness (QED) is 0.413. The first-order chi connectivity index (χ1) is 5.79. The zero-order valence-electron chi connectivity index (χ0n) is 6.11. The van der Waals surface area contributed by atoms with Crippen LogP contribution in [-0.2, 0) is 0 Å². The third kappa shape index (κ3) is 1.04. The minimum absolute atomic E-state index is 0.251. The van der Waals surface area contributed by atoms with Gasteiger partial charge in [-0.2, -0.15) is 5.10 Å². The molecule has 0 aliphatic heterocycles. The molecule has 62 valence electrons. The second-order valence-electron chi connectivity index (χ2n) is 2.34. The molecule has 0 bridgehead atoms. The highest BCUT2D eigenvalue weighted by atomic mass is 32.1. The Labute approximate surface area is 72.0 Å². The maximum atomic E-state index is 9.14. The number of aromatic hydroxyl groups is 1. The zero-order valence-corrected chi connectivity index (χ0v) is 6.93. The smallest absolute Gasteiger partial charge is 0.205 e. The number of hydrogen-bond acceptors (Lipinski definition) is 4. The van der Waals surface area contributed by atoms with Crippen molar-refractivity contribution in [1.82, 2.24) is 4.98 Å². The maximum absolute atomic E-state index is 9.14. The molecular weight excluding hydrogens is 174 g/mol. The highest BCUT2D eigenvalue weighted by molar-refractivity contribution is 7.16. The molecule has 2 rings (SSSR count). The number of nitrogens with one attached hydrogen (secondary N) is 1. The van der Waals surface area contributed by atoms with Crippen LogP contribution >= 0.6 is 11.3 Å². The number of phenols is 1. The van der Waals surface area contributed by atoms with Gasteiger partial charge in [-0.25, -0.2) is 0 Å². The van der Waals surface area contributed by atoms with Crippen molar-refractivity contribution in [3.63, 3.8) is 0 Å². The van der Waals surface area contributed by atoms with E-state index in [-0.39, 0.29) is 5.75 Å². The van der Waals surface area contributed by atoms with Crippen molar-refractivity contribution in [2.24, 2.45) is 10.9 Å². The average molecular weight is 181 g/mol. The first-order valence-electron chi connectivity index (χ1n) is 3.35. The van der Waals surface area contributed by atoms with E-state index < -0.39 is 0 Å². The van der Waals surface area contributed by atoms with Gasteiger partial charge < -0.3 is 15.9 Å². The van der Waals surface area contributed by atoms with Crippen molar-refractivity contribution in [3.8, 4) is 5.75 Å². The summed E-state index contributed by atoms with van der Waals surface area (Å²) in [5.41, 5.74) is 0.932. The molecule has 2 aromatic rings. The molecule has 0 fully saturated rings. The number of hydrogen-bond donors (Lipinski definition) is 3. The second-order valence-corrected chi connectivity index (χ2v) is 3.37. The van der Waals surface area contributed by atoms with Crippen LogP contribution in [0.4, 0.5) is 0 Å². The Bertz CT molecular complexity index is 471.